The van der Waals surface area contributed by atoms with E-state index in [1.807, 2.05) is 6.07 Å². The summed E-state index contributed by atoms with van der Waals surface area (Å²) >= 11 is 0. The first kappa shape index (κ1) is 16.5. The molecule has 1 atom stereocenters. The van der Waals surface area contributed by atoms with E-state index in [4.69, 9.17) is 5.26 Å². The van der Waals surface area contributed by atoms with Crippen LogP contribution < -0.4 is 5.32 Å². The number of benzene rings is 1. The molecule has 0 aliphatic carbocycles. The lowest BCUT2D eigenvalue weighted by Crippen LogP contribution is -2.37. The van der Waals surface area contributed by atoms with Crippen LogP contribution in [0.15, 0.2) is 42.7 Å². The van der Waals surface area contributed by atoms with Crippen LogP contribution in [0.5, 0.6) is 0 Å². The number of aliphatic hydroxyl groups is 1. The fourth-order valence-electron chi connectivity index (χ4n) is 2.00. The number of nitriles is 1. The largest absolute Gasteiger partial charge is 0.383 e. The van der Waals surface area contributed by atoms with Gasteiger partial charge in [-0.05, 0) is 30.7 Å². The molecule has 2 N–H and O–H groups in total. The lowest BCUT2D eigenvalue weighted by atomic mass is 10.00. The maximum Gasteiger partial charge on any atom is 0.244 e. The van der Waals surface area contributed by atoms with Gasteiger partial charge in [-0.15, -0.1) is 0 Å². The molecule has 6 heteroatoms. The van der Waals surface area contributed by atoms with Crippen LogP contribution in [0, 0.1) is 11.3 Å². The van der Waals surface area contributed by atoms with Gasteiger partial charge in [0, 0.05) is 24.9 Å². The van der Waals surface area contributed by atoms with Crippen molar-refractivity contribution in [2.45, 2.75) is 12.5 Å². The number of nitrogens with zero attached hydrogens (tertiary/aromatic N) is 3. The lowest BCUT2D eigenvalue weighted by Gasteiger charge is -2.21. The minimum Gasteiger partial charge on any atom is -0.383 e. The lowest BCUT2D eigenvalue weighted by molar-refractivity contribution is -0.117. The highest BCUT2D eigenvalue weighted by molar-refractivity contribution is 5.91. The molecule has 0 aliphatic rings. The van der Waals surface area contributed by atoms with E-state index in [0.717, 1.165) is 5.56 Å². The van der Waals surface area contributed by atoms with Crippen molar-refractivity contribution in [2.75, 3.05) is 6.54 Å². The Bertz CT molecular complexity index is 769. The maximum atomic E-state index is 11.9. The second-order valence-electron chi connectivity index (χ2n) is 5.46. The Morgan fingerprint density at radius 2 is 2.35 bits per heavy atom. The van der Waals surface area contributed by atoms with Crippen molar-refractivity contribution >= 4 is 12.0 Å². The van der Waals surface area contributed by atoms with E-state index >= 15 is 0 Å². The molecular formula is C17H18N4O2. The van der Waals surface area contributed by atoms with Gasteiger partial charge < -0.3 is 10.4 Å². The number of aryl methyl sites for hydroxylation is 1. The number of nitrogens with one attached hydrogen (secondary N) is 1. The van der Waals surface area contributed by atoms with Gasteiger partial charge in [-0.2, -0.15) is 10.4 Å². The number of carbonyl (C=O) groups is 1. The Kier molecular flexibility index (Phi) is 4.94. The molecule has 0 saturated heterocycles. The molecule has 2 aromatic rings. The molecule has 0 radical (unpaired) electrons. The minimum atomic E-state index is -1.20. The van der Waals surface area contributed by atoms with E-state index in [1.54, 1.807) is 61.4 Å². The van der Waals surface area contributed by atoms with Crippen LogP contribution in [-0.4, -0.2) is 27.3 Å². The predicted molar refractivity (Wildman–Crippen MR) is 86.0 cm³/mol. The average molecular weight is 310 g/mol. The molecule has 0 bridgehead atoms. The minimum absolute atomic E-state index is 0.0695. The molecule has 0 spiro atoms. The summed E-state index contributed by atoms with van der Waals surface area (Å²) in [7, 11) is 1.76. The van der Waals surface area contributed by atoms with Crippen molar-refractivity contribution in [3.05, 3.63) is 59.4 Å². The van der Waals surface area contributed by atoms with Crippen LogP contribution in [0.2, 0.25) is 0 Å². The molecule has 6 nitrogen and oxygen atoms in total. The number of hydrogen-bond acceptors (Lipinski definition) is 4. The molecule has 1 aromatic heterocycles. The fourth-order valence-corrected chi connectivity index (χ4v) is 2.00. The summed E-state index contributed by atoms with van der Waals surface area (Å²) in [6.45, 7) is 1.69. The first-order valence-electron chi connectivity index (χ1n) is 7.08. The number of aromatic nitrogens is 2. The standard InChI is InChI=1S/C17H18N4O2/c1-17(23,15-10-20-21(2)11-15)12-19-16(22)7-6-13-4-3-5-14(8-13)9-18/h3-8,10-11,23H,12H2,1-2H3,(H,19,22)/b7-6+/t17-/m1/s1. The van der Waals surface area contributed by atoms with Gasteiger partial charge >= 0.3 is 0 Å². The zero-order chi connectivity index (χ0) is 16.9. The monoisotopic (exact) mass is 310 g/mol. The second kappa shape index (κ2) is 6.90. The fraction of sp³-hybridized carbons (Fsp3) is 0.235. The maximum absolute atomic E-state index is 11.9. The van der Waals surface area contributed by atoms with E-state index in [1.165, 1.54) is 6.08 Å². The summed E-state index contributed by atoms with van der Waals surface area (Å²) in [4.78, 5) is 11.9. The zero-order valence-corrected chi connectivity index (χ0v) is 13.0. The van der Waals surface area contributed by atoms with E-state index < -0.39 is 5.60 Å². The van der Waals surface area contributed by atoms with Gasteiger partial charge in [-0.1, -0.05) is 12.1 Å². The van der Waals surface area contributed by atoms with Crippen LogP contribution in [-0.2, 0) is 17.4 Å². The van der Waals surface area contributed by atoms with Crippen molar-refractivity contribution in [3.8, 4) is 6.07 Å². The summed E-state index contributed by atoms with van der Waals surface area (Å²) in [5, 5.41) is 25.9. The smallest absolute Gasteiger partial charge is 0.244 e. The molecule has 0 aliphatic heterocycles. The molecule has 1 heterocycles. The highest BCUT2D eigenvalue weighted by atomic mass is 16.3. The molecule has 1 aromatic carbocycles. The first-order chi connectivity index (χ1) is 10.9. The van der Waals surface area contributed by atoms with Crippen LogP contribution in [0.25, 0.3) is 6.08 Å². The van der Waals surface area contributed by atoms with Gasteiger partial charge in [0.2, 0.25) is 5.91 Å². The Balaban J connectivity index is 1.94. The third-order valence-electron chi connectivity index (χ3n) is 3.38. The Hall–Kier alpha value is -2.91. The Morgan fingerprint density at radius 3 is 3.00 bits per heavy atom. The number of carbonyl (C=O) groups excluding carboxylic acids is 1. The van der Waals surface area contributed by atoms with Gasteiger partial charge in [0.05, 0.1) is 24.4 Å². The molecule has 2 rings (SSSR count). The van der Waals surface area contributed by atoms with Crippen LogP contribution in [0.4, 0.5) is 0 Å². The summed E-state index contributed by atoms with van der Waals surface area (Å²) in [6, 6.07) is 8.99. The number of rotatable bonds is 5. The van der Waals surface area contributed by atoms with Gasteiger partial charge in [-0.3, -0.25) is 9.48 Å². The molecule has 0 saturated carbocycles. The van der Waals surface area contributed by atoms with Gasteiger partial charge in [0.15, 0.2) is 0 Å². The summed E-state index contributed by atoms with van der Waals surface area (Å²) < 4.78 is 1.59. The molecule has 1 amide bonds. The highest BCUT2D eigenvalue weighted by Crippen LogP contribution is 2.18. The van der Waals surface area contributed by atoms with Crippen LogP contribution in [0.3, 0.4) is 0 Å². The molecular weight excluding hydrogens is 292 g/mol. The predicted octanol–water partition coefficient (Wildman–Crippen LogP) is 1.33. The van der Waals surface area contributed by atoms with E-state index in [0.29, 0.717) is 11.1 Å². The zero-order valence-electron chi connectivity index (χ0n) is 13.0. The van der Waals surface area contributed by atoms with Crippen molar-refractivity contribution in [3.63, 3.8) is 0 Å². The van der Waals surface area contributed by atoms with Gasteiger partial charge in [-0.25, -0.2) is 0 Å². The van der Waals surface area contributed by atoms with E-state index in [-0.39, 0.29) is 12.5 Å². The van der Waals surface area contributed by atoms with Crippen molar-refractivity contribution in [1.82, 2.24) is 15.1 Å². The van der Waals surface area contributed by atoms with Gasteiger partial charge in [0.1, 0.15) is 5.60 Å². The molecule has 0 unspecified atom stereocenters. The SMILES string of the molecule is Cn1cc([C@](C)(O)CNC(=O)/C=C/c2cccc(C#N)c2)cn1. The quantitative estimate of drug-likeness (QED) is 0.815. The van der Waals surface area contributed by atoms with Crippen molar-refractivity contribution in [2.24, 2.45) is 7.05 Å². The summed E-state index contributed by atoms with van der Waals surface area (Å²) in [5.74, 6) is -0.323. The normalized spacial score (nSPS) is 13.5. The van der Waals surface area contributed by atoms with E-state index in [2.05, 4.69) is 10.4 Å². The molecule has 118 valence electrons. The summed E-state index contributed by atoms with van der Waals surface area (Å²) in [6.07, 6.45) is 6.26. The third-order valence-corrected chi connectivity index (χ3v) is 3.38. The molecule has 0 fully saturated rings. The Morgan fingerprint density at radius 1 is 1.57 bits per heavy atom. The number of hydrogen-bond donors (Lipinski definition) is 2. The van der Waals surface area contributed by atoms with Crippen molar-refractivity contribution in [1.29, 1.82) is 5.26 Å². The van der Waals surface area contributed by atoms with Gasteiger partial charge in [0.25, 0.3) is 0 Å². The van der Waals surface area contributed by atoms with E-state index in [9.17, 15) is 9.90 Å². The third kappa shape index (κ3) is 4.53. The molecule has 23 heavy (non-hydrogen) atoms. The van der Waals surface area contributed by atoms with Crippen LogP contribution >= 0.6 is 0 Å². The Labute approximate surface area is 134 Å². The highest BCUT2D eigenvalue weighted by Gasteiger charge is 2.24. The average Bonchev–Trinajstić information content (AvgIpc) is 2.98. The second-order valence-corrected chi connectivity index (χ2v) is 5.46. The van der Waals surface area contributed by atoms with Crippen LogP contribution in [0.1, 0.15) is 23.6 Å². The topological polar surface area (TPSA) is 90.9 Å². The first-order valence-corrected chi connectivity index (χ1v) is 7.08. The van der Waals surface area contributed by atoms with Crippen molar-refractivity contribution < 1.29 is 9.90 Å². The summed E-state index contributed by atoms with van der Waals surface area (Å²) in [5.41, 5.74) is 0.731. The number of amides is 1.